The zero-order valence-corrected chi connectivity index (χ0v) is 14.8. The third-order valence-corrected chi connectivity index (χ3v) is 5.78. The van der Waals surface area contributed by atoms with E-state index in [0.29, 0.717) is 12.1 Å². The van der Waals surface area contributed by atoms with E-state index in [2.05, 4.69) is 37.1 Å². The number of rotatable bonds is 3. The van der Waals surface area contributed by atoms with Gasteiger partial charge in [0.05, 0.1) is 43.3 Å². The van der Waals surface area contributed by atoms with Crippen molar-refractivity contribution in [3.8, 4) is 11.4 Å². The van der Waals surface area contributed by atoms with Gasteiger partial charge in [0.2, 0.25) is 0 Å². The van der Waals surface area contributed by atoms with E-state index in [4.69, 9.17) is 14.5 Å². The first-order chi connectivity index (χ1) is 13.4. The molecule has 0 radical (unpaired) electrons. The minimum absolute atomic E-state index is 0.383. The second kappa shape index (κ2) is 5.90. The second-order valence-corrected chi connectivity index (χ2v) is 7.22. The van der Waals surface area contributed by atoms with Gasteiger partial charge in [-0.2, -0.15) is 5.10 Å². The number of anilines is 2. The molecule has 0 saturated carbocycles. The van der Waals surface area contributed by atoms with Crippen LogP contribution in [-0.4, -0.2) is 71.8 Å². The van der Waals surface area contributed by atoms with Gasteiger partial charge < -0.3 is 19.3 Å². The number of nitrogens with zero attached hydrogens (tertiary/aromatic N) is 5. The molecular formula is C19H20N6O2. The number of pyridine rings is 2. The van der Waals surface area contributed by atoms with Crippen LogP contribution in [0.4, 0.5) is 11.5 Å². The number of fused-ring (bicyclic) bond motifs is 2. The Balaban J connectivity index is 1.54. The van der Waals surface area contributed by atoms with Crippen LogP contribution in [-0.2, 0) is 9.47 Å². The maximum atomic E-state index is 5.61. The topological polar surface area (TPSA) is 79.4 Å². The minimum atomic E-state index is 0.383. The van der Waals surface area contributed by atoms with Gasteiger partial charge in [0.25, 0.3) is 0 Å². The number of aromatic nitrogens is 4. The van der Waals surface area contributed by atoms with Crippen LogP contribution in [0.25, 0.3) is 22.3 Å². The summed E-state index contributed by atoms with van der Waals surface area (Å²) in [6.45, 7) is 4.92. The fraction of sp³-hybridized carbons (Fsp3) is 0.421. The van der Waals surface area contributed by atoms with Gasteiger partial charge in [0.15, 0.2) is 0 Å². The number of H-pyrrole nitrogens is 1. The summed E-state index contributed by atoms with van der Waals surface area (Å²) in [4.78, 5) is 14.4. The Bertz CT molecular complexity index is 985. The van der Waals surface area contributed by atoms with Gasteiger partial charge in [0, 0.05) is 43.5 Å². The Morgan fingerprint density at radius 2 is 2.07 bits per heavy atom. The molecule has 0 bridgehead atoms. The summed E-state index contributed by atoms with van der Waals surface area (Å²) >= 11 is 0. The third kappa shape index (κ3) is 2.33. The van der Waals surface area contributed by atoms with Gasteiger partial charge in [-0.25, -0.2) is 4.98 Å². The number of ether oxygens (including phenoxy) is 2. The van der Waals surface area contributed by atoms with Crippen molar-refractivity contribution in [2.75, 3.05) is 49.3 Å². The molecule has 0 aromatic carbocycles. The standard InChI is InChI=1S/C19H20N6O2/c1-3-20-19(13-2-4-21-23-13)18-12(1)14(25-10-16-15(25)11-27-16)9-17(22-18)24-5-7-26-8-6-24/h1-4,9,15-16H,5-8,10-11H2,(H,21,23)/t15-,16?/m1/s1. The molecule has 8 heteroatoms. The van der Waals surface area contributed by atoms with Crippen LogP contribution in [0.2, 0.25) is 0 Å². The molecule has 3 aromatic heterocycles. The summed E-state index contributed by atoms with van der Waals surface area (Å²) < 4.78 is 11.1. The third-order valence-electron chi connectivity index (χ3n) is 5.78. The van der Waals surface area contributed by atoms with Crippen molar-refractivity contribution in [3.05, 3.63) is 30.6 Å². The highest BCUT2D eigenvalue weighted by Crippen LogP contribution is 2.41. The van der Waals surface area contributed by atoms with Crippen molar-refractivity contribution >= 4 is 22.4 Å². The molecule has 2 atom stereocenters. The van der Waals surface area contributed by atoms with Crippen molar-refractivity contribution in [1.82, 2.24) is 20.2 Å². The molecule has 27 heavy (non-hydrogen) atoms. The summed E-state index contributed by atoms with van der Waals surface area (Å²) in [5.41, 5.74) is 3.84. The number of morpholine rings is 2. The first kappa shape index (κ1) is 15.4. The average Bonchev–Trinajstić information content (AvgIpc) is 3.24. The Morgan fingerprint density at radius 3 is 2.78 bits per heavy atom. The maximum Gasteiger partial charge on any atom is 0.131 e. The number of hydrogen-bond acceptors (Lipinski definition) is 7. The summed E-state index contributed by atoms with van der Waals surface area (Å²) in [6, 6.07) is 6.70. The van der Waals surface area contributed by atoms with Crippen LogP contribution < -0.4 is 9.80 Å². The lowest BCUT2D eigenvalue weighted by Crippen LogP contribution is -2.71. The monoisotopic (exact) mass is 364 g/mol. The van der Waals surface area contributed by atoms with E-state index in [0.717, 1.165) is 67.6 Å². The predicted molar refractivity (Wildman–Crippen MR) is 101 cm³/mol. The molecule has 1 N–H and O–H groups in total. The van der Waals surface area contributed by atoms with E-state index in [9.17, 15) is 0 Å². The van der Waals surface area contributed by atoms with Gasteiger partial charge in [-0.1, -0.05) is 0 Å². The van der Waals surface area contributed by atoms with E-state index >= 15 is 0 Å². The Morgan fingerprint density at radius 1 is 1.15 bits per heavy atom. The molecule has 6 rings (SSSR count). The van der Waals surface area contributed by atoms with Crippen LogP contribution in [0.5, 0.6) is 0 Å². The largest absolute Gasteiger partial charge is 0.378 e. The predicted octanol–water partition coefficient (Wildman–Crippen LogP) is 1.44. The number of hydrogen-bond donors (Lipinski definition) is 1. The van der Waals surface area contributed by atoms with Gasteiger partial charge in [0.1, 0.15) is 17.0 Å². The maximum absolute atomic E-state index is 5.61. The van der Waals surface area contributed by atoms with Crippen LogP contribution in [0.3, 0.4) is 0 Å². The summed E-state index contributed by atoms with van der Waals surface area (Å²) in [6.07, 6.45) is 3.98. The van der Waals surface area contributed by atoms with Crippen LogP contribution in [0.15, 0.2) is 30.6 Å². The molecule has 138 valence electrons. The van der Waals surface area contributed by atoms with E-state index in [1.807, 2.05) is 12.3 Å². The van der Waals surface area contributed by atoms with Crippen molar-refractivity contribution in [3.63, 3.8) is 0 Å². The molecule has 6 heterocycles. The summed E-state index contributed by atoms with van der Waals surface area (Å²) in [7, 11) is 0. The Hall–Kier alpha value is -2.71. The van der Waals surface area contributed by atoms with Gasteiger partial charge in [-0.3, -0.25) is 10.1 Å². The quantitative estimate of drug-likeness (QED) is 0.753. The zero-order valence-electron chi connectivity index (χ0n) is 14.8. The lowest BCUT2D eigenvalue weighted by molar-refractivity contribution is -0.113. The molecule has 3 saturated heterocycles. The molecule has 0 amide bonds. The van der Waals surface area contributed by atoms with Crippen LogP contribution in [0, 0.1) is 0 Å². The summed E-state index contributed by atoms with van der Waals surface area (Å²) in [5, 5.41) is 8.24. The first-order valence-corrected chi connectivity index (χ1v) is 9.39. The Labute approximate surface area is 156 Å². The molecule has 1 unspecified atom stereocenters. The molecule has 3 aromatic rings. The first-order valence-electron chi connectivity index (χ1n) is 9.39. The van der Waals surface area contributed by atoms with E-state index in [-0.39, 0.29) is 0 Å². The number of aromatic amines is 1. The minimum Gasteiger partial charge on any atom is -0.378 e. The lowest BCUT2D eigenvalue weighted by atomic mass is 9.93. The smallest absolute Gasteiger partial charge is 0.131 e. The van der Waals surface area contributed by atoms with E-state index in [1.165, 1.54) is 5.69 Å². The molecule has 0 aliphatic carbocycles. The van der Waals surface area contributed by atoms with Gasteiger partial charge >= 0.3 is 0 Å². The van der Waals surface area contributed by atoms with Crippen molar-refractivity contribution in [1.29, 1.82) is 0 Å². The molecule has 8 nitrogen and oxygen atoms in total. The second-order valence-electron chi connectivity index (χ2n) is 7.22. The highest BCUT2D eigenvalue weighted by atomic mass is 16.5. The highest BCUT2D eigenvalue weighted by molar-refractivity contribution is 6.00. The van der Waals surface area contributed by atoms with Gasteiger partial charge in [-0.05, 0) is 12.1 Å². The number of nitrogens with one attached hydrogen (secondary N) is 1. The Kier molecular flexibility index (Phi) is 3.36. The normalized spacial score (nSPS) is 24.4. The lowest BCUT2D eigenvalue weighted by Gasteiger charge is -2.56. The van der Waals surface area contributed by atoms with E-state index < -0.39 is 0 Å². The molecule has 0 spiro atoms. The van der Waals surface area contributed by atoms with Gasteiger partial charge in [-0.15, -0.1) is 0 Å². The average molecular weight is 364 g/mol. The SMILES string of the molecule is c1cc(-c2nccc3c(N4CC5OC[C@H]54)cc(N4CCOCC4)nc23)[nH]n1. The fourth-order valence-electron chi connectivity index (χ4n) is 4.15. The van der Waals surface area contributed by atoms with Crippen LogP contribution >= 0.6 is 0 Å². The van der Waals surface area contributed by atoms with Crippen LogP contribution in [0.1, 0.15) is 0 Å². The molecule has 3 aliphatic rings. The fourth-order valence-corrected chi connectivity index (χ4v) is 4.15. The van der Waals surface area contributed by atoms with E-state index in [1.54, 1.807) is 6.20 Å². The molecule has 3 aliphatic heterocycles. The zero-order chi connectivity index (χ0) is 17.8. The van der Waals surface area contributed by atoms with Crippen molar-refractivity contribution < 1.29 is 9.47 Å². The van der Waals surface area contributed by atoms with Crippen molar-refractivity contribution in [2.45, 2.75) is 12.1 Å². The molecular weight excluding hydrogens is 344 g/mol. The highest BCUT2D eigenvalue weighted by Gasteiger charge is 2.48. The molecule has 3 fully saturated rings. The van der Waals surface area contributed by atoms with Crippen molar-refractivity contribution in [2.24, 2.45) is 0 Å². The summed E-state index contributed by atoms with van der Waals surface area (Å²) in [5.74, 6) is 0.984.